The second kappa shape index (κ2) is 5.82. The molecule has 0 amide bonds. The molecule has 0 bridgehead atoms. The number of rotatable bonds is 4. The van der Waals surface area contributed by atoms with Crippen LogP contribution in [-0.4, -0.2) is 30.3 Å². The molecule has 0 radical (unpaired) electrons. The second-order valence-corrected chi connectivity index (χ2v) is 4.46. The summed E-state index contributed by atoms with van der Waals surface area (Å²) in [4.78, 5) is 15.9. The summed E-state index contributed by atoms with van der Waals surface area (Å²) in [7, 11) is 0. The SMILES string of the molecule is Cc1ncc(N)cc1C(=O)OCCC1CCCO1. The average Bonchev–Trinajstić information content (AvgIpc) is 2.85. The highest BCUT2D eigenvalue weighted by Crippen LogP contribution is 2.16. The maximum Gasteiger partial charge on any atom is 0.340 e. The lowest BCUT2D eigenvalue weighted by Crippen LogP contribution is -2.14. The van der Waals surface area contributed by atoms with Gasteiger partial charge in [0, 0.05) is 13.0 Å². The third-order valence-electron chi connectivity index (χ3n) is 3.02. The minimum Gasteiger partial charge on any atom is -0.462 e. The maximum absolute atomic E-state index is 11.8. The number of hydrogen-bond acceptors (Lipinski definition) is 5. The summed E-state index contributed by atoms with van der Waals surface area (Å²) in [5.74, 6) is -0.370. The van der Waals surface area contributed by atoms with E-state index >= 15 is 0 Å². The van der Waals surface area contributed by atoms with Gasteiger partial charge in [-0.25, -0.2) is 4.79 Å². The molecule has 1 aliphatic heterocycles. The Labute approximate surface area is 106 Å². The maximum atomic E-state index is 11.8. The summed E-state index contributed by atoms with van der Waals surface area (Å²) in [5, 5.41) is 0. The third kappa shape index (κ3) is 3.20. The highest BCUT2D eigenvalue weighted by Gasteiger charge is 2.17. The van der Waals surface area contributed by atoms with E-state index in [2.05, 4.69) is 4.98 Å². The van der Waals surface area contributed by atoms with Crippen molar-refractivity contribution < 1.29 is 14.3 Å². The molecular weight excluding hydrogens is 232 g/mol. The average molecular weight is 250 g/mol. The standard InChI is InChI=1S/C13H18N2O3/c1-9-12(7-10(14)8-15-9)13(16)18-6-4-11-3-2-5-17-11/h7-8,11H,2-6,14H2,1H3. The Balaban J connectivity index is 1.85. The van der Waals surface area contributed by atoms with E-state index in [0.29, 0.717) is 23.6 Å². The highest BCUT2D eigenvalue weighted by atomic mass is 16.5. The van der Waals surface area contributed by atoms with Crippen LogP contribution < -0.4 is 5.73 Å². The van der Waals surface area contributed by atoms with Gasteiger partial charge in [0.1, 0.15) is 0 Å². The molecule has 0 aromatic carbocycles. The molecule has 2 rings (SSSR count). The van der Waals surface area contributed by atoms with Gasteiger partial charge in [-0.05, 0) is 25.8 Å². The number of aryl methyl sites for hydroxylation is 1. The molecule has 1 saturated heterocycles. The van der Waals surface area contributed by atoms with Gasteiger partial charge >= 0.3 is 5.97 Å². The summed E-state index contributed by atoms with van der Waals surface area (Å²) >= 11 is 0. The molecule has 5 nitrogen and oxygen atoms in total. The van der Waals surface area contributed by atoms with Crippen LogP contribution in [-0.2, 0) is 9.47 Å². The number of carbonyl (C=O) groups excluding carboxylic acids is 1. The Bertz CT molecular complexity index is 428. The molecule has 1 aromatic heterocycles. The first-order chi connectivity index (χ1) is 8.66. The first-order valence-electron chi connectivity index (χ1n) is 6.17. The van der Waals surface area contributed by atoms with E-state index in [9.17, 15) is 4.79 Å². The zero-order chi connectivity index (χ0) is 13.0. The molecule has 18 heavy (non-hydrogen) atoms. The first-order valence-corrected chi connectivity index (χ1v) is 6.17. The van der Waals surface area contributed by atoms with Crippen molar-refractivity contribution in [2.45, 2.75) is 32.3 Å². The van der Waals surface area contributed by atoms with Crippen LogP contribution in [0.1, 0.15) is 35.3 Å². The molecular formula is C13H18N2O3. The van der Waals surface area contributed by atoms with E-state index in [-0.39, 0.29) is 12.1 Å². The van der Waals surface area contributed by atoms with Gasteiger partial charge in [-0.15, -0.1) is 0 Å². The predicted octanol–water partition coefficient (Wildman–Crippen LogP) is 1.70. The van der Waals surface area contributed by atoms with Crippen LogP contribution in [0.3, 0.4) is 0 Å². The number of anilines is 1. The van der Waals surface area contributed by atoms with Crippen molar-refractivity contribution in [1.82, 2.24) is 4.98 Å². The molecule has 1 fully saturated rings. The fourth-order valence-corrected chi connectivity index (χ4v) is 1.99. The van der Waals surface area contributed by atoms with Gasteiger partial charge < -0.3 is 15.2 Å². The number of nitrogens with zero attached hydrogens (tertiary/aromatic N) is 1. The molecule has 1 unspecified atom stereocenters. The van der Waals surface area contributed by atoms with Crippen LogP contribution in [0.15, 0.2) is 12.3 Å². The molecule has 5 heteroatoms. The summed E-state index contributed by atoms with van der Waals surface area (Å²) in [6, 6.07) is 1.59. The van der Waals surface area contributed by atoms with Gasteiger partial charge in [0.25, 0.3) is 0 Å². The molecule has 2 heterocycles. The molecule has 0 aliphatic carbocycles. The Kier molecular flexibility index (Phi) is 4.15. The minimum atomic E-state index is -0.370. The zero-order valence-corrected chi connectivity index (χ0v) is 10.5. The van der Waals surface area contributed by atoms with E-state index in [1.165, 1.54) is 6.20 Å². The summed E-state index contributed by atoms with van der Waals surface area (Å²) < 4.78 is 10.7. The lowest BCUT2D eigenvalue weighted by molar-refractivity contribution is 0.0385. The fourth-order valence-electron chi connectivity index (χ4n) is 1.99. The first kappa shape index (κ1) is 12.8. The van der Waals surface area contributed by atoms with Gasteiger partial charge in [-0.2, -0.15) is 0 Å². The van der Waals surface area contributed by atoms with Crippen molar-refractivity contribution in [3.63, 3.8) is 0 Å². The number of hydrogen-bond donors (Lipinski definition) is 1. The minimum absolute atomic E-state index is 0.234. The van der Waals surface area contributed by atoms with E-state index in [4.69, 9.17) is 15.2 Å². The van der Waals surface area contributed by atoms with Crippen LogP contribution in [0.25, 0.3) is 0 Å². The number of ether oxygens (including phenoxy) is 2. The van der Waals surface area contributed by atoms with E-state index in [1.807, 2.05) is 0 Å². The third-order valence-corrected chi connectivity index (χ3v) is 3.02. The smallest absolute Gasteiger partial charge is 0.340 e. The molecule has 1 atom stereocenters. The largest absolute Gasteiger partial charge is 0.462 e. The molecule has 1 aliphatic rings. The van der Waals surface area contributed by atoms with Crippen molar-refractivity contribution in [2.24, 2.45) is 0 Å². The zero-order valence-electron chi connectivity index (χ0n) is 10.5. The van der Waals surface area contributed by atoms with Crippen LogP contribution in [0.4, 0.5) is 5.69 Å². The van der Waals surface area contributed by atoms with Crippen molar-refractivity contribution in [2.75, 3.05) is 18.9 Å². The number of pyridine rings is 1. The number of esters is 1. The topological polar surface area (TPSA) is 74.4 Å². The fraction of sp³-hybridized carbons (Fsp3) is 0.538. The van der Waals surface area contributed by atoms with E-state index < -0.39 is 0 Å². The van der Waals surface area contributed by atoms with Gasteiger partial charge in [-0.3, -0.25) is 4.98 Å². The Morgan fingerprint density at radius 3 is 3.22 bits per heavy atom. The number of carbonyl (C=O) groups is 1. The van der Waals surface area contributed by atoms with Gasteiger partial charge in [-0.1, -0.05) is 0 Å². The lowest BCUT2D eigenvalue weighted by Gasteiger charge is -2.10. The van der Waals surface area contributed by atoms with Crippen LogP contribution in [0, 0.1) is 6.92 Å². The summed E-state index contributed by atoms with van der Waals surface area (Å²) in [6.07, 6.45) is 4.66. The number of nitrogen functional groups attached to an aromatic ring is 1. The van der Waals surface area contributed by atoms with Gasteiger partial charge in [0.05, 0.1) is 35.9 Å². The van der Waals surface area contributed by atoms with Crippen LogP contribution >= 0.6 is 0 Å². The summed E-state index contributed by atoms with van der Waals surface area (Å²) in [6.45, 7) is 2.95. The highest BCUT2D eigenvalue weighted by molar-refractivity contribution is 5.91. The molecule has 0 saturated carbocycles. The Hall–Kier alpha value is -1.62. The Morgan fingerprint density at radius 2 is 2.50 bits per heavy atom. The van der Waals surface area contributed by atoms with E-state index in [0.717, 1.165) is 25.9 Å². The van der Waals surface area contributed by atoms with Crippen molar-refractivity contribution in [3.05, 3.63) is 23.5 Å². The molecule has 0 spiro atoms. The lowest BCUT2D eigenvalue weighted by atomic mass is 10.2. The van der Waals surface area contributed by atoms with Gasteiger partial charge in [0.15, 0.2) is 0 Å². The normalized spacial score (nSPS) is 18.8. The quantitative estimate of drug-likeness (QED) is 0.823. The molecule has 2 N–H and O–H groups in total. The number of aromatic nitrogens is 1. The Morgan fingerprint density at radius 1 is 1.67 bits per heavy atom. The van der Waals surface area contributed by atoms with Crippen molar-refractivity contribution in [1.29, 1.82) is 0 Å². The van der Waals surface area contributed by atoms with Gasteiger partial charge in [0.2, 0.25) is 0 Å². The second-order valence-electron chi connectivity index (χ2n) is 4.46. The van der Waals surface area contributed by atoms with E-state index in [1.54, 1.807) is 13.0 Å². The molecule has 1 aromatic rings. The number of nitrogens with two attached hydrogens (primary N) is 1. The molecule has 98 valence electrons. The summed E-state index contributed by atoms with van der Waals surface area (Å²) in [5.41, 5.74) is 7.13. The van der Waals surface area contributed by atoms with Crippen LogP contribution in [0.5, 0.6) is 0 Å². The van der Waals surface area contributed by atoms with Crippen molar-refractivity contribution >= 4 is 11.7 Å². The monoisotopic (exact) mass is 250 g/mol. The van der Waals surface area contributed by atoms with Crippen LogP contribution in [0.2, 0.25) is 0 Å². The predicted molar refractivity (Wildman–Crippen MR) is 67.3 cm³/mol. The van der Waals surface area contributed by atoms with Crippen molar-refractivity contribution in [3.8, 4) is 0 Å².